The fourth-order valence-corrected chi connectivity index (χ4v) is 4.82. The lowest BCUT2D eigenvalue weighted by molar-refractivity contribution is -0.385. The molecule has 1 amide bonds. The first-order valence-corrected chi connectivity index (χ1v) is 10.8. The Hall–Kier alpha value is -2.78. The third-order valence-electron chi connectivity index (χ3n) is 5.24. The molecule has 0 atom stereocenters. The summed E-state index contributed by atoms with van der Waals surface area (Å²) >= 11 is 0. The number of hydrogen-bond acceptors (Lipinski definition) is 5. The number of hydrogen-bond donors (Lipinski definition) is 1. The van der Waals surface area contributed by atoms with Crippen LogP contribution >= 0.6 is 0 Å². The van der Waals surface area contributed by atoms with E-state index in [1.54, 1.807) is 0 Å². The second kappa shape index (κ2) is 8.30. The zero-order valence-corrected chi connectivity index (χ0v) is 17.1. The Balaban J connectivity index is 1.75. The summed E-state index contributed by atoms with van der Waals surface area (Å²) in [5, 5.41) is 13.7. The van der Waals surface area contributed by atoms with Gasteiger partial charge in [0.2, 0.25) is 10.0 Å². The normalized spacial score (nSPS) is 15.8. The summed E-state index contributed by atoms with van der Waals surface area (Å²) < 4.78 is 27.0. The van der Waals surface area contributed by atoms with Crippen molar-refractivity contribution in [2.24, 2.45) is 5.92 Å². The molecular formula is C20H23N3O5S. The van der Waals surface area contributed by atoms with Crippen molar-refractivity contribution in [3.8, 4) is 0 Å². The molecule has 0 aromatic heterocycles. The molecule has 2 aromatic carbocycles. The highest BCUT2D eigenvalue weighted by Gasteiger charge is 2.28. The molecule has 0 aliphatic carbocycles. The lowest BCUT2D eigenvalue weighted by Crippen LogP contribution is -2.37. The van der Waals surface area contributed by atoms with Crippen molar-refractivity contribution in [2.45, 2.75) is 31.6 Å². The number of amides is 1. The van der Waals surface area contributed by atoms with Gasteiger partial charge in [0.1, 0.15) is 0 Å². The van der Waals surface area contributed by atoms with Crippen molar-refractivity contribution >= 4 is 27.3 Å². The van der Waals surface area contributed by atoms with Crippen LogP contribution in [0.1, 0.15) is 35.7 Å². The van der Waals surface area contributed by atoms with Crippen molar-refractivity contribution in [3.63, 3.8) is 0 Å². The van der Waals surface area contributed by atoms with E-state index in [0.717, 1.165) is 12.8 Å². The van der Waals surface area contributed by atoms with E-state index in [1.807, 2.05) is 0 Å². The lowest BCUT2D eigenvalue weighted by atomic mass is 10.0. The summed E-state index contributed by atoms with van der Waals surface area (Å²) in [6.45, 7) is 4.65. The molecule has 1 heterocycles. The number of carbonyl (C=O) groups is 1. The van der Waals surface area contributed by atoms with Gasteiger partial charge in [-0.2, -0.15) is 4.31 Å². The zero-order valence-electron chi connectivity index (χ0n) is 16.3. The second-order valence-corrected chi connectivity index (χ2v) is 9.21. The van der Waals surface area contributed by atoms with Crippen molar-refractivity contribution in [1.29, 1.82) is 0 Å². The molecule has 1 N–H and O–H groups in total. The van der Waals surface area contributed by atoms with Crippen LogP contribution in [0.4, 0.5) is 11.4 Å². The van der Waals surface area contributed by atoms with Gasteiger partial charge in [0.25, 0.3) is 11.6 Å². The van der Waals surface area contributed by atoms with Gasteiger partial charge in [-0.05, 0) is 56.0 Å². The fourth-order valence-electron chi connectivity index (χ4n) is 3.35. The van der Waals surface area contributed by atoms with Gasteiger partial charge in [0, 0.05) is 36.0 Å². The minimum atomic E-state index is -3.56. The van der Waals surface area contributed by atoms with E-state index in [9.17, 15) is 23.3 Å². The van der Waals surface area contributed by atoms with E-state index in [1.165, 1.54) is 53.7 Å². The Morgan fingerprint density at radius 3 is 2.34 bits per heavy atom. The molecule has 0 bridgehead atoms. The van der Waals surface area contributed by atoms with Crippen LogP contribution in [0.5, 0.6) is 0 Å². The summed E-state index contributed by atoms with van der Waals surface area (Å²) in [7, 11) is -3.56. The minimum absolute atomic E-state index is 0.130. The van der Waals surface area contributed by atoms with Crippen LogP contribution in [0.3, 0.4) is 0 Å². The Kier molecular flexibility index (Phi) is 5.99. The van der Waals surface area contributed by atoms with Gasteiger partial charge in [0.15, 0.2) is 0 Å². The van der Waals surface area contributed by atoms with Crippen molar-refractivity contribution < 1.29 is 18.1 Å². The average Bonchev–Trinajstić information content (AvgIpc) is 2.68. The number of nitrogens with one attached hydrogen (secondary N) is 1. The number of sulfonamides is 1. The molecule has 1 fully saturated rings. The van der Waals surface area contributed by atoms with Crippen LogP contribution in [0, 0.1) is 23.0 Å². The van der Waals surface area contributed by atoms with Crippen molar-refractivity contribution in [1.82, 2.24) is 4.31 Å². The summed E-state index contributed by atoms with van der Waals surface area (Å²) in [6, 6.07) is 10.3. The Bertz CT molecular complexity index is 1030. The fraction of sp³-hybridized carbons (Fsp3) is 0.350. The van der Waals surface area contributed by atoms with E-state index in [-0.39, 0.29) is 21.7 Å². The number of anilines is 1. The third-order valence-corrected chi connectivity index (χ3v) is 7.15. The third kappa shape index (κ3) is 4.46. The molecule has 9 heteroatoms. The number of carbonyl (C=O) groups excluding carboxylic acids is 1. The predicted octanol–water partition coefficient (Wildman–Crippen LogP) is 3.58. The zero-order chi connectivity index (χ0) is 21.2. The highest BCUT2D eigenvalue weighted by molar-refractivity contribution is 7.89. The maximum Gasteiger partial charge on any atom is 0.273 e. The number of nitro groups is 1. The van der Waals surface area contributed by atoms with Gasteiger partial charge >= 0.3 is 0 Å². The quantitative estimate of drug-likeness (QED) is 0.591. The van der Waals surface area contributed by atoms with E-state index in [2.05, 4.69) is 12.2 Å². The van der Waals surface area contributed by atoms with Crippen molar-refractivity contribution in [3.05, 3.63) is 63.7 Å². The largest absolute Gasteiger partial charge is 0.322 e. The number of benzene rings is 2. The lowest BCUT2D eigenvalue weighted by Gasteiger charge is -2.29. The highest BCUT2D eigenvalue weighted by atomic mass is 32.2. The van der Waals surface area contributed by atoms with Crippen LogP contribution in [0.25, 0.3) is 0 Å². The molecule has 0 radical (unpaired) electrons. The molecule has 1 aliphatic heterocycles. The smallest absolute Gasteiger partial charge is 0.273 e. The predicted molar refractivity (Wildman–Crippen MR) is 109 cm³/mol. The molecule has 8 nitrogen and oxygen atoms in total. The molecule has 154 valence electrons. The van der Waals surface area contributed by atoms with E-state index in [0.29, 0.717) is 24.7 Å². The molecule has 2 aromatic rings. The summed E-state index contributed by atoms with van der Waals surface area (Å²) in [6.07, 6.45) is 1.69. The molecule has 3 rings (SSSR count). The van der Waals surface area contributed by atoms with Crippen molar-refractivity contribution in [2.75, 3.05) is 18.4 Å². The standard InChI is InChI=1S/C20H23N3O5S/c1-14-10-12-22(13-11-14)29(27,28)17-8-6-16(7-9-17)21-20(24)18-4-3-5-19(15(18)2)23(25)26/h3-9,14H,10-13H2,1-2H3,(H,21,24). The Morgan fingerprint density at radius 1 is 1.14 bits per heavy atom. The monoisotopic (exact) mass is 417 g/mol. The van der Waals surface area contributed by atoms with Gasteiger partial charge in [-0.1, -0.05) is 13.0 Å². The Morgan fingerprint density at radius 2 is 1.76 bits per heavy atom. The van der Waals surface area contributed by atoms with E-state index < -0.39 is 20.9 Å². The van der Waals surface area contributed by atoms with Crippen LogP contribution < -0.4 is 5.32 Å². The summed E-state index contributed by atoms with van der Waals surface area (Å²) in [4.78, 5) is 23.2. The first kappa shape index (κ1) is 20.9. The molecular weight excluding hydrogens is 394 g/mol. The topological polar surface area (TPSA) is 110 Å². The molecule has 1 saturated heterocycles. The Labute approximate surface area is 169 Å². The minimum Gasteiger partial charge on any atom is -0.322 e. The highest BCUT2D eigenvalue weighted by Crippen LogP contribution is 2.25. The molecule has 29 heavy (non-hydrogen) atoms. The van der Waals surface area contributed by atoms with Gasteiger partial charge in [-0.3, -0.25) is 14.9 Å². The number of rotatable bonds is 5. The number of piperidine rings is 1. The van der Waals surface area contributed by atoms with Crippen LogP contribution in [0.2, 0.25) is 0 Å². The van der Waals surface area contributed by atoms with Crippen LogP contribution in [-0.4, -0.2) is 36.6 Å². The van der Waals surface area contributed by atoms with Crippen LogP contribution in [0.15, 0.2) is 47.4 Å². The maximum atomic E-state index is 12.8. The molecule has 0 saturated carbocycles. The maximum absolute atomic E-state index is 12.8. The second-order valence-electron chi connectivity index (χ2n) is 7.27. The summed E-state index contributed by atoms with van der Waals surface area (Å²) in [5.41, 5.74) is 0.744. The molecule has 0 spiro atoms. The van der Waals surface area contributed by atoms with Gasteiger partial charge < -0.3 is 5.32 Å². The average molecular weight is 417 g/mol. The first-order chi connectivity index (χ1) is 13.7. The first-order valence-electron chi connectivity index (χ1n) is 9.35. The van der Waals surface area contributed by atoms with E-state index >= 15 is 0 Å². The van der Waals surface area contributed by atoms with Gasteiger partial charge in [-0.15, -0.1) is 0 Å². The van der Waals surface area contributed by atoms with E-state index in [4.69, 9.17) is 0 Å². The SMILES string of the molecule is Cc1c(C(=O)Nc2ccc(S(=O)(=O)N3CCC(C)CC3)cc2)cccc1[N+](=O)[O-]. The molecule has 1 aliphatic rings. The number of nitro benzene ring substituents is 1. The van der Waals surface area contributed by atoms with Gasteiger partial charge in [0.05, 0.1) is 9.82 Å². The summed E-state index contributed by atoms with van der Waals surface area (Å²) in [5.74, 6) is 0.0307. The van der Waals surface area contributed by atoms with Gasteiger partial charge in [-0.25, -0.2) is 8.42 Å². The van der Waals surface area contributed by atoms with Crippen LogP contribution in [-0.2, 0) is 10.0 Å². The molecule has 0 unspecified atom stereocenters. The number of nitrogens with zero attached hydrogens (tertiary/aromatic N) is 2.